The minimum Gasteiger partial charge on any atom is -0.396 e. The molecule has 6 heteroatoms. The second-order valence-corrected chi connectivity index (χ2v) is 3.83. The van der Waals surface area contributed by atoms with Crippen molar-refractivity contribution in [3.05, 3.63) is 29.6 Å². The van der Waals surface area contributed by atoms with Crippen LogP contribution in [0.3, 0.4) is 0 Å². The maximum absolute atomic E-state index is 8.78. The van der Waals surface area contributed by atoms with E-state index in [1.807, 2.05) is 19.1 Å². The number of aliphatic hydroxyl groups excluding tert-OH is 1. The van der Waals surface area contributed by atoms with Gasteiger partial charge in [-0.25, -0.2) is 0 Å². The van der Waals surface area contributed by atoms with Crippen molar-refractivity contribution in [3.8, 4) is 5.82 Å². The quantitative estimate of drug-likeness (QED) is 0.801. The highest BCUT2D eigenvalue weighted by Crippen LogP contribution is 2.16. The van der Waals surface area contributed by atoms with Gasteiger partial charge in [0, 0.05) is 12.2 Å². The summed E-state index contributed by atoms with van der Waals surface area (Å²) in [7, 11) is 0. The van der Waals surface area contributed by atoms with Gasteiger partial charge in [0.15, 0.2) is 5.82 Å². The van der Waals surface area contributed by atoms with E-state index in [2.05, 4.69) is 15.3 Å². The molecular formula is C11H15N5O. The molecule has 0 bridgehead atoms. The van der Waals surface area contributed by atoms with E-state index < -0.39 is 0 Å². The van der Waals surface area contributed by atoms with Gasteiger partial charge in [0.2, 0.25) is 0 Å². The molecule has 0 atom stereocenters. The summed E-state index contributed by atoms with van der Waals surface area (Å²) in [5, 5.41) is 20.9. The van der Waals surface area contributed by atoms with Gasteiger partial charge >= 0.3 is 0 Å². The molecule has 0 radical (unpaired) electrons. The summed E-state index contributed by atoms with van der Waals surface area (Å²) >= 11 is 0. The highest BCUT2D eigenvalue weighted by Gasteiger charge is 2.09. The van der Waals surface area contributed by atoms with Crippen molar-refractivity contribution in [1.29, 1.82) is 0 Å². The van der Waals surface area contributed by atoms with Gasteiger partial charge in [-0.15, -0.1) is 5.10 Å². The molecule has 17 heavy (non-hydrogen) atoms. The fourth-order valence-electron chi connectivity index (χ4n) is 1.54. The Bertz CT molecular complexity index is 491. The molecule has 0 saturated carbocycles. The lowest BCUT2D eigenvalue weighted by atomic mass is 10.2. The first-order valence-electron chi connectivity index (χ1n) is 5.46. The predicted molar refractivity (Wildman–Crippen MR) is 63.7 cm³/mol. The monoisotopic (exact) mass is 233 g/mol. The fraction of sp³-hybridized carbons (Fsp3) is 0.364. The lowest BCUT2D eigenvalue weighted by Gasteiger charge is -2.03. The van der Waals surface area contributed by atoms with E-state index in [9.17, 15) is 0 Å². The smallest absolute Gasteiger partial charge is 0.178 e. The minimum absolute atomic E-state index is 0.148. The van der Waals surface area contributed by atoms with Crippen LogP contribution in [0.25, 0.3) is 5.82 Å². The third kappa shape index (κ3) is 2.42. The Hall–Kier alpha value is -1.95. The molecule has 0 aliphatic rings. The molecule has 2 rings (SSSR count). The van der Waals surface area contributed by atoms with Crippen LogP contribution in [-0.4, -0.2) is 31.7 Å². The topological polar surface area (TPSA) is 89.8 Å². The fourth-order valence-corrected chi connectivity index (χ4v) is 1.54. The Morgan fingerprint density at radius 3 is 2.82 bits per heavy atom. The van der Waals surface area contributed by atoms with Crippen LogP contribution in [0.5, 0.6) is 0 Å². The first-order chi connectivity index (χ1) is 8.22. The van der Waals surface area contributed by atoms with Crippen molar-refractivity contribution < 1.29 is 5.11 Å². The SMILES string of the molecule is Cc1ccc(-n2ncc(CCCO)c2N)nn1. The maximum atomic E-state index is 8.78. The van der Waals surface area contributed by atoms with Gasteiger partial charge < -0.3 is 10.8 Å². The normalized spacial score (nSPS) is 10.7. The summed E-state index contributed by atoms with van der Waals surface area (Å²) in [5.74, 6) is 1.15. The van der Waals surface area contributed by atoms with Crippen LogP contribution in [0.15, 0.2) is 18.3 Å². The molecule has 0 unspecified atom stereocenters. The maximum Gasteiger partial charge on any atom is 0.178 e. The molecule has 2 aromatic heterocycles. The number of nitrogen functional groups attached to an aromatic ring is 1. The van der Waals surface area contributed by atoms with E-state index in [1.165, 1.54) is 0 Å². The first kappa shape index (κ1) is 11.5. The molecule has 0 aliphatic heterocycles. The zero-order chi connectivity index (χ0) is 12.3. The van der Waals surface area contributed by atoms with Crippen LogP contribution in [-0.2, 0) is 6.42 Å². The number of rotatable bonds is 4. The van der Waals surface area contributed by atoms with Gasteiger partial charge in [-0.2, -0.15) is 14.9 Å². The van der Waals surface area contributed by atoms with E-state index >= 15 is 0 Å². The molecular weight excluding hydrogens is 218 g/mol. The molecule has 90 valence electrons. The number of hydrogen-bond donors (Lipinski definition) is 2. The molecule has 0 saturated heterocycles. The molecule has 0 fully saturated rings. The Kier molecular flexibility index (Phi) is 3.34. The molecule has 3 N–H and O–H groups in total. The number of nitrogens with two attached hydrogens (primary N) is 1. The second-order valence-electron chi connectivity index (χ2n) is 3.83. The van der Waals surface area contributed by atoms with Gasteiger partial charge in [0.05, 0.1) is 11.9 Å². The minimum atomic E-state index is 0.148. The van der Waals surface area contributed by atoms with Crippen molar-refractivity contribution in [2.24, 2.45) is 0 Å². The molecule has 2 aromatic rings. The number of aromatic nitrogens is 4. The third-order valence-electron chi connectivity index (χ3n) is 2.49. The summed E-state index contributed by atoms with van der Waals surface area (Å²) in [4.78, 5) is 0. The van der Waals surface area contributed by atoms with E-state index in [4.69, 9.17) is 10.8 Å². The van der Waals surface area contributed by atoms with E-state index in [0.717, 1.165) is 11.3 Å². The van der Waals surface area contributed by atoms with Crippen LogP contribution >= 0.6 is 0 Å². The van der Waals surface area contributed by atoms with Crippen molar-refractivity contribution in [2.75, 3.05) is 12.3 Å². The molecule has 0 aliphatic carbocycles. The Morgan fingerprint density at radius 2 is 2.18 bits per heavy atom. The van der Waals surface area contributed by atoms with Crippen molar-refractivity contribution >= 4 is 5.82 Å². The Balaban J connectivity index is 2.27. The highest BCUT2D eigenvalue weighted by atomic mass is 16.2. The lowest BCUT2D eigenvalue weighted by molar-refractivity contribution is 0.288. The Morgan fingerprint density at radius 1 is 1.35 bits per heavy atom. The molecule has 6 nitrogen and oxygen atoms in total. The highest BCUT2D eigenvalue weighted by molar-refractivity contribution is 5.44. The van der Waals surface area contributed by atoms with Gasteiger partial charge in [-0.3, -0.25) is 0 Å². The zero-order valence-corrected chi connectivity index (χ0v) is 9.67. The van der Waals surface area contributed by atoms with Crippen LogP contribution in [0.4, 0.5) is 5.82 Å². The standard InChI is InChI=1S/C11H15N5O/c1-8-4-5-10(15-14-8)16-11(12)9(7-13-16)3-2-6-17/h4-5,7,17H,2-3,6,12H2,1H3. The van der Waals surface area contributed by atoms with E-state index in [1.54, 1.807) is 10.9 Å². The van der Waals surface area contributed by atoms with Crippen molar-refractivity contribution in [1.82, 2.24) is 20.0 Å². The van der Waals surface area contributed by atoms with Gasteiger partial charge in [-0.05, 0) is 31.9 Å². The van der Waals surface area contributed by atoms with E-state index in [-0.39, 0.29) is 6.61 Å². The molecule has 0 amide bonds. The summed E-state index contributed by atoms with van der Waals surface area (Å²) in [6, 6.07) is 3.68. The van der Waals surface area contributed by atoms with Crippen LogP contribution < -0.4 is 5.73 Å². The number of aryl methyl sites for hydroxylation is 2. The van der Waals surface area contributed by atoms with E-state index in [0.29, 0.717) is 24.5 Å². The van der Waals surface area contributed by atoms with Gasteiger partial charge in [0.1, 0.15) is 5.82 Å². The number of nitrogens with zero attached hydrogens (tertiary/aromatic N) is 4. The second kappa shape index (κ2) is 4.92. The van der Waals surface area contributed by atoms with Crippen LogP contribution in [0.1, 0.15) is 17.7 Å². The lowest BCUT2D eigenvalue weighted by Crippen LogP contribution is -2.06. The number of aliphatic hydroxyl groups is 1. The van der Waals surface area contributed by atoms with Crippen LogP contribution in [0, 0.1) is 6.92 Å². The molecule has 0 spiro atoms. The number of hydrogen-bond acceptors (Lipinski definition) is 5. The first-order valence-corrected chi connectivity index (χ1v) is 5.46. The summed E-state index contributed by atoms with van der Waals surface area (Å²) in [5.41, 5.74) is 7.73. The van der Waals surface area contributed by atoms with Crippen molar-refractivity contribution in [3.63, 3.8) is 0 Å². The average molecular weight is 233 g/mol. The Labute approximate surface area is 99.1 Å². The molecule has 0 aromatic carbocycles. The predicted octanol–water partition coefficient (Wildman–Crippen LogP) is 0.478. The number of anilines is 1. The summed E-state index contributed by atoms with van der Waals surface area (Å²) < 4.78 is 1.55. The molecule has 2 heterocycles. The summed E-state index contributed by atoms with van der Waals surface area (Å²) in [6.45, 7) is 2.02. The summed E-state index contributed by atoms with van der Waals surface area (Å²) in [6.07, 6.45) is 3.09. The van der Waals surface area contributed by atoms with Crippen LogP contribution in [0.2, 0.25) is 0 Å². The van der Waals surface area contributed by atoms with Gasteiger partial charge in [-0.1, -0.05) is 0 Å². The van der Waals surface area contributed by atoms with Crippen molar-refractivity contribution in [2.45, 2.75) is 19.8 Å². The van der Waals surface area contributed by atoms with Gasteiger partial charge in [0.25, 0.3) is 0 Å². The average Bonchev–Trinajstić information content (AvgIpc) is 2.69. The zero-order valence-electron chi connectivity index (χ0n) is 9.67. The third-order valence-corrected chi connectivity index (χ3v) is 2.49. The largest absolute Gasteiger partial charge is 0.396 e.